The molecule has 3 aromatic carbocycles. The first-order valence-electron chi connectivity index (χ1n) is 15.3. The van der Waals surface area contributed by atoms with Crippen molar-refractivity contribution < 1.29 is 27.1 Å². The fraction of sp³-hybridized carbons (Fsp3) is 0.353. The van der Waals surface area contributed by atoms with Crippen LogP contribution in [-0.4, -0.2) is 63.5 Å². The van der Waals surface area contributed by atoms with Crippen LogP contribution < -0.4 is 13.8 Å². The maximum Gasteiger partial charge on any atom is 0.271 e. The van der Waals surface area contributed by atoms with Crippen molar-refractivity contribution in [3.63, 3.8) is 0 Å². The smallest absolute Gasteiger partial charge is 0.271 e. The number of fused-ring (bicyclic) bond motifs is 1. The normalized spacial score (nSPS) is 19.9. The molecule has 2 aliphatic rings. The average Bonchev–Trinajstić information content (AvgIpc) is 3.81. The van der Waals surface area contributed by atoms with Gasteiger partial charge in [-0.05, 0) is 86.9 Å². The summed E-state index contributed by atoms with van der Waals surface area (Å²) in [6.07, 6.45) is 5.35. The quantitative estimate of drug-likeness (QED) is 0.170. The van der Waals surface area contributed by atoms with Crippen molar-refractivity contribution >= 4 is 44.8 Å². The number of aromatic nitrogens is 1. The molecule has 0 aliphatic carbocycles. The lowest BCUT2D eigenvalue weighted by molar-refractivity contribution is -0.127. The van der Waals surface area contributed by atoms with Gasteiger partial charge < -0.3 is 18.8 Å². The van der Waals surface area contributed by atoms with Crippen LogP contribution in [0.15, 0.2) is 76.4 Å². The van der Waals surface area contributed by atoms with E-state index in [9.17, 15) is 8.42 Å². The zero-order chi connectivity index (χ0) is 33.5. The number of amides is 1. The number of rotatable bonds is 11. The molecule has 1 amide bonds. The van der Waals surface area contributed by atoms with Gasteiger partial charge in [-0.1, -0.05) is 36.2 Å². The first-order chi connectivity index (χ1) is 22.6. The molecular weight excluding hydrogens is 663 g/mol. The highest BCUT2D eigenvalue weighted by Gasteiger charge is 2.63. The number of halogens is 2. The van der Waals surface area contributed by atoms with Crippen LogP contribution in [0.5, 0.6) is 11.5 Å². The summed E-state index contributed by atoms with van der Waals surface area (Å²) in [7, 11) is 0.576. The van der Waals surface area contributed by atoms with Crippen LogP contribution in [0.2, 0.25) is 10.0 Å². The molecule has 2 atom stereocenters. The second-order valence-corrected chi connectivity index (χ2v) is 14.3. The van der Waals surface area contributed by atoms with Crippen molar-refractivity contribution in [3.8, 4) is 11.5 Å². The second-order valence-electron chi connectivity index (χ2n) is 11.7. The molecule has 3 heterocycles. The van der Waals surface area contributed by atoms with E-state index >= 15 is 4.79 Å². The Labute approximate surface area is 284 Å². The zero-order valence-electron chi connectivity index (χ0n) is 26.6. The van der Waals surface area contributed by atoms with Gasteiger partial charge >= 0.3 is 0 Å². The highest BCUT2D eigenvalue weighted by Crippen LogP contribution is 2.57. The summed E-state index contributed by atoms with van der Waals surface area (Å²) in [5.74, 6) is 0.601. The van der Waals surface area contributed by atoms with E-state index in [0.29, 0.717) is 54.4 Å². The van der Waals surface area contributed by atoms with Crippen LogP contribution in [-0.2, 0) is 26.9 Å². The molecule has 0 saturated carbocycles. The van der Waals surface area contributed by atoms with Crippen molar-refractivity contribution in [1.82, 2.24) is 14.8 Å². The summed E-state index contributed by atoms with van der Waals surface area (Å²) in [5.41, 5.74) is 0.161. The lowest BCUT2D eigenvalue weighted by Gasteiger charge is -2.41. The number of hydrogen-bond donors (Lipinski definition) is 0. The molecule has 13 heteroatoms. The van der Waals surface area contributed by atoms with E-state index in [0.717, 1.165) is 22.8 Å². The molecule has 6 rings (SSSR count). The third kappa shape index (κ3) is 5.57. The number of oxazole rings is 1. The number of carbonyl (C=O) groups is 1. The van der Waals surface area contributed by atoms with E-state index < -0.39 is 27.5 Å². The largest absolute Gasteiger partial charge is 0.497 e. The predicted molar refractivity (Wildman–Crippen MR) is 180 cm³/mol. The molecule has 10 nitrogen and oxygen atoms in total. The van der Waals surface area contributed by atoms with E-state index in [1.807, 2.05) is 30.1 Å². The molecule has 2 aliphatic heterocycles. The summed E-state index contributed by atoms with van der Waals surface area (Å²) in [6, 6.07) is 14.2. The van der Waals surface area contributed by atoms with Gasteiger partial charge in [0.1, 0.15) is 17.8 Å². The van der Waals surface area contributed by atoms with Gasteiger partial charge in [0.15, 0.2) is 5.54 Å². The Morgan fingerprint density at radius 3 is 2.45 bits per heavy atom. The van der Waals surface area contributed by atoms with Gasteiger partial charge in [0, 0.05) is 24.2 Å². The number of likely N-dealkylation sites (tertiary alicyclic amines) is 1. The molecule has 1 unspecified atom stereocenters. The molecular formula is C34H36Cl2N4O6S. The van der Waals surface area contributed by atoms with Crippen LogP contribution in [0.3, 0.4) is 0 Å². The highest BCUT2D eigenvalue weighted by molar-refractivity contribution is 7.93. The molecule has 1 aromatic heterocycles. The number of carbonyl (C=O) groups excluding carboxylic acids is 1. The lowest BCUT2D eigenvalue weighted by atomic mass is 9.80. The average molecular weight is 700 g/mol. The summed E-state index contributed by atoms with van der Waals surface area (Å²) in [4.78, 5) is 24.1. The molecule has 47 heavy (non-hydrogen) atoms. The van der Waals surface area contributed by atoms with Gasteiger partial charge in [0.05, 0.1) is 47.1 Å². The van der Waals surface area contributed by atoms with E-state index in [4.69, 9.17) is 37.1 Å². The number of nitrogens with zero attached hydrogens (tertiary/aromatic N) is 4. The summed E-state index contributed by atoms with van der Waals surface area (Å²) in [6.45, 7) is 4.01. The lowest BCUT2D eigenvalue weighted by Crippen LogP contribution is -2.54. The fourth-order valence-corrected chi connectivity index (χ4v) is 8.66. The summed E-state index contributed by atoms with van der Waals surface area (Å²) < 4.78 is 47.0. The van der Waals surface area contributed by atoms with Crippen molar-refractivity contribution in [2.45, 2.75) is 49.2 Å². The van der Waals surface area contributed by atoms with Crippen LogP contribution >= 0.6 is 23.2 Å². The molecule has 0 radical (unpaired) electrons. The molecule has 248 valence electrons. The van der Waals surface area contributed by atoms with Crippen LogP contribution in [0, 0.1) is 0 Å². The van der Waals surface area contributed by atoms with Gasteiger partial charge in [0.2, 0.25) is 5.89 Å². The minimum atomic E-state index is -4.48. The minimum absolute atomic E-state index is 0.0907. The Kier molecular flexibility index (Phi) is 9.30. The van der Waals surface area contributed by atoms with E-state index in [-0.39, 0.29) is 20.6 Å². The Balaban J connectivity index is 1.67. The van der Waals surface area contributed by atoms with Gasteiger partial charge in [-0.2, -0.15) is 0 Å². The Morgan fingerprint density at radius 1 is 1.04 bits per heavy atom. The molecule has 1 fully saturated rings. The minimum Gasteiger partial charge on any atom is -0.497 e. The van der Waals surface area contributed by atoms with Crippen molar-refractivity contribution in [1.29, 1.82) is 0 Å². The summed E-state index contributed by atoms with van der Waals surface area (Å²) >= 11 is 13.3. The van der Waals surface area contributed by atoms with Crippen LogP contribution in [0.1, 0.15) is 54.8 Å². The first kappa shape index (κ1) is 33.3. The number of methoxy groups -OCH3 is 2. The van der Waals surface area contributed by atoms with Crippen molar-refractivity contribution in [3.05, 3.63) is 99.7 Å². The van der Waals surface area contributed by atoms with Gasteiger partial charge in [-0.3, -0.25) is 9.69 Å². The topological polar surface area (TPSA) is 105 Å². The standard InChI is InChI=1S/C34H36Cl2N4O6S/c1-5-15-38(2)21-22-8-13-31(45-4)26(18-22)34(39-16-6-7-29(39)32-37-14-17-46-32)25-19-27(35)28(36)20-30(25)40(33(34)41)47(42,43)24-11-9-23(44-3)10-12-24/h8-14,17-20,29H,5-7,15-16,21H2,1-4H3/t29-,34?/m0/s1. The monoisotopic (exact) mass is 698 g/mol. The zero-order valence-corrected chi connectivity index (χ0v) is 28.9. The SMILES string of the molecule is CCCN(C)Cc1ccc(OC)c(C2(N3CCC[C@H]3c3ncco3)C(=O)N(S(=O)(=O)c3ccc(OC)cc3)c3cc(Cl)c(Cl)cc32)c1. The van der Waals surface area contributed by atoms with E-state index in [1.54, 1.807) is 12.3 Å². The first-order valence-corrected chi connectivity index (χ1v) is 17.5. The van der Waals surface area contributed by atoms with Crippen LogP contribution in [0.25, 0.3) is 0 Å². The molecule has 0 bridgehead atoms. The molecule has 0 spiro atoms. The Morgan fingerprint density at radius 2 is 1.79 bits per heavy atom. The third-order valence-corrected chi connectivity index (χ3v) is 11.3. The Hall–Kier alpha value is -3.61. The number of ether oxygens (including phenoxy) is 2. The summed E-state index contributed by atoms with van der Waals surface area (Å²) in [5, 5.41) is 0.285. The second kappa shape index (κ2) is 13.1. The van der Waals surface area contributed by atoms with Crippen molar-refractivity contribution in [2.24, 2.45) is 0 Å². The Bertz CT molecular complexity index is 1890. The number of anilines is 1. The van der Waals surface area contributed by atoms with E-state index in [2.05, 4.69) is 16.8 Å². The van der Waals surface area contributed by atoms with Crippen LogP contribution in [0.4, 0.5) is 5.69 Å². The highest BCUT2D eigenvalue weighted by atomic mass is 35.5. The maximum atomic E-state index is 15.5. The number of benzene rings is 3. The molecule has 0 N–H and O–H groups in total. The number of sulfonamides is 1. The number of hydrogen-bond acceptors (Lipinski definition) is 9. The van der Waals surface area contributed by atoms with E-state index in [1.165, 1.54) is 50.8 Å². The molecule has 4 aromatic rings. The van der Waals surface area contributed by atoms with Crippen molar-refractivity contribution in [2.75, 3.05) is 38.7 Å². The maximum absolute atomic E-state index is 15.5. The van der Waals surface area contributed by atoms with Gasteiger partial charge in [-0.25, -0.2) is 17.7 Å². The van der Waals surface area contributed by atoms with Gasteiger partial charge in [0.25, 0.3) is 15.9 Å². The molecule has 1 saturated heterocycles. The predicted octanol–water partition coefficient (Wildman–Crippen LogP) is 6.66. The van der Waals surface area contributed by atoms with Gasteiger partial charge in [-0.15, -0.1) is 0 Å². The third-order valence-electron chi connectivity index (χ3n) is 8.87. The fourth-order valence-electron chi connectivity index (χ4n) is 6.88.